The Morgan fingerprint density at radius 3 is 2.75 bits per heavy atom. The molecule has 5 heteroatoms. The molecule has 2 rings (SSSR count). The first-order valence-electron chi connectivity index (χ1n) is 5.32. The predicted octanol–water partition coefficient (Wildman–Crippen LogP) is 3.02. The first-order valence-corrected chi connectivity index (χ1v) is 6.93. The van der Waals surface area contributed by atoms with Gasteiger partial charge in [-0.3, -0.25) is 10.1 Å². The number of hydrogen-bond acceptors (Lipinski definition) is 3. The molecule has 3 nitrogen and oxygen atoms in total. The summed E-state index contributed by atoms with van der Waals surface area (Å²) in [4.78, 5) is 12.3. The molecule has 0 amide bonds. The van der Waals surface area contributed by atoms with E-state index in [4.69, 9.17) is 5.11 Å². The minimum Gasteiger partial charge on any atom is -0.480 e. The third-order valence-electron chi connectivity index (χ3n) is 2.81. The number of rotatable bonds is 5. The van der Waals surface area contributed by atoms with Crippen LogP contribution in [0.15, 0.2) is 15.9 Å². The molecule has 2 atom stereocenters. The van der Waals surface area contributed by atoms with Gasteiger partial charge >= 0.3 is 5.97 Å². The average Bonchev–Trinajstić information content (AvgIpc) is 2.96. The van der Waals surface area contributed by atoms with Crippen LogP contribution < -0.4 is 5.32 Å². The molecule has 0 spiro atoms. The fraction of sp³-hybridized carbons (Fsp3) is 0.545. The van der Waals surface area contributed by atoms with E-state index in [0.29, 0.717) is 5.92 Å². The highest BCUT2D eigenvalue weighted by Gasteiger charge is 2.36. The van der Waals surface area contributed by atoms with E-state index in [1.54, 1.807) is 11.3 Å². The zero-order valence-electron chi connectivity index (χ0n) is 8.94. The van der Waals surface area contributed by atoms with Gasteiger partial charge in [-0.15, -0.1) is 11.3 Å². The smallest absolute Gasteiger partial charge is 0.321 e. The number of nitrogens with one attached hydrogen (secondary N) is 1. The van der Waals surface area contributed by atoms with Gasteiger partial charge in [-0.05, 0) is 53.7 Å². The molecule has 0 saturated heterocycles. The van der Waals surface area contributed by atoms with Gasteiger partial charge in [-0.1, -0.05) is 0 Å². The quantitative estimate of drug-likeness (QED) is 0.879. The van der Waals surface area contributed by atoms with Gasteiger partial charge in [-0.25, -0.2) is 0 Å². The van der Waals surface area contributed by atoms with Gasteiger partial charge in [0.1, 0.15) is 6.04 Å². The SMILES string of the molecule is CC(NC(C(=O)O)C1CC1)c1ccc(Br)s1. The van der Waals surface area contributed by atoms with E-state index in [1.165, 1.54) is 4.88 Å². The van der Waals surface area contributed by atoms with Crippen LogP contribution in [0.5, 0.6) is 0 Å². The molecule has 1 aromatic heterocycles. The van der Waals surface area contributed by atoms with Crippen LogP contribution in [0, 0.1) is 5.92 Å². The first-order chi connectivity index (χ1) is 7.58. The summed E-state index contributed by atoms with van der Waals surface area (Å²) in [5, 5.41) is 12.3. The van der Waals surface area contributed by atoms with Crippen LogP contribution in [-0.2, 0) is 4.79 Å². The maximum atomic E-state index is 11.1. The fourth-order valence-corrected chi connectivity index (χ4v) is 3.19. The highest BCUT2D eigenvalue weighted by Crippen LogP contribution is 2.35. The van der Waals surface area contributed by atoms with E-state index < -0.39 is 12.0 Å². The Morgan fingerprint density at radius 1 is 1.62 bits per heavy atom. The molecule has 16 heavy (non-hydrogen) atoms. The van der Waals surface area contributed by atoms with Gasteiger partial charge in [0.15, 0.2) is 0 Å². The normalized spacial score (nSPS) is 19.4. The Bertz CT molecular complexity index is 389. The van der Waals surface area contributed by atoms with Gasteiger partial charge in [0.25, 0.3) is 0 Å². The molecule has 2 N–H and O–H groups in total. The number of thiophene rings is 1. The molecule has 1 saturated carbocycles. The van der Waals surface area contributed by atoms with Crippen LogP contribution in [0.2, 0.25) is 0 Å². The monoisotopic (exact) mass is 303 g/mol. The molecular weight excluding hydrogens is 290 g/mol. The summed E-state index contributed by atoms with van der Waals surface area (Å²) >= 11 is 5.05. The minimum absolute atomic E-state index is 0.0954. The van der Waals surface area contributed by atoms with Crippen molar-refractivity contribution in [2.45, 2.75) is 31.8 Å². The summed E-state index contributed by atoms with van der Waals surface area (Å²) < 4.78 is 1.08. The lowest BCUT2D eigenvalue weighted by Gasteiger charge is -2.18. The van der Waals surface area contributed by atoms with Crippen molar-refractivity contribution in [3.63, 3.8) is 0 Å². The van der Waals surface area contributed by atoms with E-state index in [0.717, 1.165) is 16.6 Å². The maximum Gasteiger partial charge on any atom is 0.321 e. The molecule has 88 valence electrons. The number of carboxylic acids is 1. The van der Waals surface area contributed by atoms with Crippen LogP contribution in [-0.4, -0.2) is 17.1 Å². The Morgan fingerprint density at radius 2 is 2.31 bits per heavy atom. The Hall–Kier alpha value is -0.390. The zero-order chi connectivity index (χ0) is 11.7. The van der Waals surface area contributed by atoms with Gasteiger partial charge in [0.2, 0.25) is 0 Å². The highest BCUT2D eigenvalue weighted by molar-refractivity contribution is 9.11. The average molecular weight is 304 g/mol. The molecule has 2 unspecified atom stereocenters. The summed E-state index contributed by atoms with van der Waals surface area (Å²) in [6.07, 6.45) is 2.07. The molecule has 0 aromatic carbocycles. The molecule has 1 heterocycles. The summed E-state index contributed by atoms with van der Waals surface area (Å²) in [5.41, 5.74) is 0. The van der Waals surface area contributed by atoms with Crippen molar-refractivity contribution in [2.75, 3.05) is 0 Å². The number of aliphatic carboxylic acids is 1. The third-order valence-corrected chi connectivity index (χ3v) is 4.62. The maximum absolute atomic E-state index is 11.1. The largest absolute Gasteiger partial charge is 0.480 e. The Labute approximate surface area is 107 Å². The van der Waals surface area contributed by atoms with Gasteiger partial charge < -0.3 is 5.11 Å². The van der Waals surface area contributed by atoms with Crippen molar-refractivity contribution in [2.24, 2.45) is 5.92 Å². The molecule has 0 radical (unpaired) electrons. The zero-order valence-corrected chi connectivity index (χ0v) is 11.3. The Kier molecular flexibility index (Phi) is 3.66. The predicted molar refractivity (Wildman–Crippen MR) is 67.7 cm³/mol. The molecule has 0 aliphatic heterocycles. The number of halogens is 1. The molecular formula is C11H14BrNO2S. The van der Waals surface area contributed by atoms with Crippen molar-refractivity contribution in [1.29, 1.82) is 0 Å². The van der Waals surface area contributed by atoms with E-state index in [9.17, 15) is 4.79 Å². The number of hydrogen-bond donors (Lipinski definition) is 2. The summed E-state index contributed by atoms with van der Waals surface area (Å²) in [6, 6.07) is 3.72. The van der Waals surface area contributed by atoms with Crippen molar-refractivity contribution in [3.8, 4) is 0 Å². The van der Waals surface area contributed by atoms with Gasteiger partial charge in [0.05, 0.1) is 3.79 Å². The molecule has 0 bridgehead atoms. The van der Waals surface area contributed by atoms with Crippen LogP contribution in [0.1, 0.15) is 30.7 Å². The van der Waals surface area contributed by atoms with Gasteiger partial charge in [-0.2, -0.15) is 0 Å². The van der Waals surface area contributed by atoms with E-state index >= 15 is 0 Å². The third kappa shape index (κ3) is 2.84. The second kappa shape index (κ2) is 4.85. The summed E-state index contributed by atoms with van der Waals surface area (Å²) in [5.74, 6) is -0.409. The van der Waals surface area contributed by atoms with Crippen LogP contribution >= 0.6 is 27.3 Å². The van der Waals surface area contributed by atoms with Gasteiger partial charge in [0, 0.05) is 10.9 Å². The van der Waals surface area contributed by atoms with Crippen molar-refractivity contribution in [3.05, 3.63) is 20.8 Å². The minimum atomic E-state index is -0.732. The van der Waals surface area contributed by atoms with E-state index in [1.807, 2.05) is 19.1 Å². The first kappa shape index (κ1) is 12.1. The number of carboxylic acid groups (broad SMARTS) is 1. The molecule has 1 aromatic rings. The molecule has 1 aliphatic carbocycles. The lowest BCUT2D eigenvalue weighted by Crippen LogP contribution is -2.39. The second-order valence-corrected chi connectivity index (χ2v) is 6.68. The second-order valence-electron chi connectivity index (χ2n) is 4.18. The highest BCUT2D eigenvalue weighted by atomic mass is 79.9. The van der Waals surface area contributed by atoms with E-state index in [2.05, 4.69) is 21.2 Å². The standard InChI is InChI=1S/C11H14BrNO2S/c1-6(8-4-5-9(12)16-8)13-10(11(14)15)7-2-3-7/h4-7,10,13H,2-3H2,1H3,(H,14,15). The fourth-order valence-electron chi connectivity index (χ4n) is 1.75. The molecule has 1 fully saturated rings. The van der Waals surface area contributed by atoms with Crippen molar-refractivity contribution < 1.29 is 9.90 Å². The lowest BCUT2D eigenvalue weighted by molar-refractivity contribution is -0.140. The van der Waals surface area contributed by atoms with Crippen LogP contribution in [0.4, 0.5) is 0 Å². The topological polar surface area (TPSA) is 49.3 Å². The van der Waals surface area contributed by atoms with Crippen molar-refractivity contribution in [1.82, 2.24) is 5.32 Å². The lowest BCUT2D eigenvalue weighted by atomic mass is 10.1. The number of carbonyl (C=O) groups is 1. The van der Waals surface area contributed by atoms with Crippen molar-refractivity contribution >= 4 is 33.2 Å². The summed E-state index contributed by atoms with van der Waals surface area (Å²) in [6.45, 7) is 2.01. The summed E-state index contributed by atoms with van der Waals surface area (Å²) in [7, 11) is 0. The van der Waals surface area contributed by atoms with E-state index in [-0.39, 0.29) is 6.04 Å². The van der Waals surface area contributed by atoms with Crippen LogP contribution in [0.3, 0.4) is 0 Å². The van der Waals surface area contributed by atoms with Crippen LogP contribution in [0.25, 0.3) is 0 Å². The Balaban J connectivity index is 1.99. The molecule has 1 aliphatic rings.